The Labute approximate surface area is 113 Å². The number of benzene rings is 1. The Morgan fingerprint density at radius 3 is 2.68 bits per heavy atom. The number of anilines is 2. The van der Waals surface area contributed by atoms with E-state index >= 15 is 0 Å². The minimum absolute atomic E-state index is 0.150. The van der Waals surface area contributed by atoms with Gasteiger partial charge in [0.15, 0.2) is 0 Å². The van der Waals surface area contributed by atoms with E-state index in [2.05, 4.69) is 6.07 Å². The normalized spacial score (nSPS) is 19.5. The van der Waals surface area contributed by atoms with Gasteiger partial charge in [-0.3, -0.25) is 4.79 Å². The Morgan fingerprint density at radius 2 is 2.00 bits per heavy atom. The van der Waals surface area contributed by atoms with Crippen LogP contribution in [0.3, 0.4) is 0 Å². The molecule has 0 atom stereocenters. The summed E-state index contributed by atoms with van der Waals surface area (Å²) in [5, 5.41) is 9.06. The zero-order chi connectivity index (χ0) is 13.4. The lowest BCUT2D eigenvalue weighted by Crippen LogP contribution is -2.48. The van der Waals surface area contributed by atoms with Gasteiger partial charge in [0.2, 0.25) is 5.91 Å². The van der Waals surface area contributed by atoms with E-state index in [1.165, 1.54) is 12.8 Å². The quantitative estimate of drug-likeness (QED) is 0.773. The summed E-state index contributed by atoms with van der Waals surface area (Å²) in [6.45, 7) is 0.426. The lowest BCUT2D eigenvalue weighted by Gasteiger charge is -2.38. The van der Waals surface area contributed by atoms with Gasteiger partial charge >= 0.3 is 0 Å². The summed E-state index contributed by atoms with van der Waals surface area (Å²) in [4.78, 5) is 16.3. The average Bonchev–Trinajstić information content (AvgIpc) is 2.92. The fourth-order valence-corrected chi connectivity index (χ4v) is 3.17. The molecule has 1 amide bonds. The number of fused-ring (bicyclic) bond motifs is 1. The van der Waals surface area contributed by atoms with Crippen molar-refractivity contribution in [3.8, 4) is 6.07 Å². The van der Waals surface area contributed by atoms with Crippen molar-refractivity contribution in [1.29, 1.82) is 5.26 Å². The van der Waals surface area contributed by atoms with Crippen molar-refractivity contribution < 1.29 is 4.79 Å². The fourth-order valence-electron chi connectivity index (χ4n) is 3.17. The fraction of sp³-hybridized carbons (Fsp3) is 0.467. The first kappa shape index (κ1) is 12.0. The molecular weight excluding hydrogens is 238 g/mol. The van der Waals surface area contributed by atoms with Crippen LogP contribution in [0.25, 0.3) is 0 Å². The number of carbonyl (C=O) groups is 1. The highest BCUT2D eigenvalue weighted by molar-refractivity contribution is 6.03. The summed E-state index contributed by atoms with van der Waals surface area (Å²) in [5.74, 6) is 0.150. The summed E-state index contributed by atoms with van der Waals surface area (Å²) >= 11 is 0. The highest BCUT2D eigenvalue weighted by Crippen LogP contribution is 2.38. The van der Waals surface area contributed by atoms with Crippen LogP contribution >= 0.6 is 0 Å². The molecule has 0 radical (unpaired) electrons. The largest absolute Gasteiger partial charge is 0.364 e. The smallest absolute Gasteiger partial charge is 0.246 e. The molecule has 19 heavy (non-hydrogen) atoms. The zero-order valence-electron chi connectivity index (χ0n) is 11.1. The minimum atomic E-state index is 0.150. The molecule has 1 aliphatic carbocycles. The molecule has 1 saturated carbocycles. The molecule has 98 valence electrons. The first-order valence-corrected chi connectivity index (χ1v) is 6.78. The van der Waals surface area contributed by atoms with Crippen LogP contribution < -0.4 is 9.80 Å². The molecule has 3 rings (SSSR count). The van der Waals surface area contributed by atoms with Crippen molar-refractivity contribution in [2.45, 2.75) is 31.7 Å². The molecule has 0 N–H and O–H groups in total. The van der Waals surface area contributed by atoms with Gasteiger partial charge in [0.1, 0.15) is 0 Å². The Kier molecular flexibility index (Phi) is 2.90. The number of carbonyl (C=O) groups excluding carboxylic acids is 1. The number of hydrogen-bond donors (Lipinski definition) is 0. The molecule has 1 aromatic carbocycles. The Morgan fingerprint density at radius 1 is 1.26 bits per heavy atom. The second-order valence-electron chi connectivity index (χ2n) is 5.37. The number of hydrogen-bond acceptors (Lipinski definition) is 3. The van der Waals surface area contributed by atoms with Crippen molar-refractivity contribution in [1.82, 2.24) is 0 Å². The third kappa shape index (κ3) is 1.95. The van der Waals surface area contributed by atoms with Gasteiger partial charge in [-0.1, -0.05) is 12.8 Å². The van der Waals surface area contributed by atoms with Gasteiger partial charge < -0.3 is 9.80 Å². The van der Waals surface area contributed by atoms with Crippen LogP contribution in [0.1, 0.15) is 31.2 Å². The van der Waals surface area contributed by atoms with Gasteiger partial charge in [-0.25, -0.2) is 0 Å². The van der Waals surface area contributed by atoms with E-state index in [-0.39, 0.29) is 5.91 Å². The standard InChI is InChI=1S/C15H17N3O/c1-17-10-15(19)18(12-4-2-3-5-12)14-8-11(9-16)6-7-13(14)17/h6-8,12H,2-5,10H2,1H3. The van der Waals surface area contributed by atoms with E-state index in [4.69, 9.17) is 5.26 Å². The van der Waals surface area contributed by atoms with Crippen molar-refractivity contribution in [2.75, 3.05) is 23.4 Å². The maximum Gasteiger partial charge on any atom is 0.246 e. The summed E-state index contributed by atoms with van der Waals surface area (Å²) in [7, 11) is 1.93. The maximum absolute atomic E-state index is 12.4. The molecule has 1 heterocycles. The molecule has 2 aliphatic rings. The number of rotatable bonds is 1. The van der Waals surface area contributed by atoms with E-state index in [0.29, 0.717) is 18.2 Å². The highest BCUT2D eigenvalue weighted by atomic mass is 16.2. The number of amides is 1. The molecular formula is C15H17N3O. The molecule has 0 unspecified atom stereocenters. The van der Waals surface area contributed by atoms with E-state index in [1.807, 2.05) is 35.0 Å². The number of likely N-dealkylation sites (N-methyl/N-ethyl adjacent to an activating group) is 1. The van der Waals surface area contributed by atoms with Crippen LogP contribution in [0.5, 0.6) is 0 Å². The zero-order valence-corrected chi connectivity index (χ0v) is 11.1. The van der Waals surface area contributed by atoms with E-state index in [1.54, 1.807) is 0 Å². The van der Waals surface area contributed by atoms with Crippen molar-refractivity contribution in [2.24, 2.45) is 0 Å². The molecule has 0 aromatic heterocycles. The Balaban J connectivity index is 2.08. The Hall–Kier alpha value is -2.02. The third-order valence-corrected chi connectivity index (χ3v) is 4.11. The molecule has 4 heteroatoms. The SMILES string of the molecule is CN1CC(=O)N(C2CCCC2)c2cc(C#N)ccc21. The van der Waals surface area contributed by atoms with Crippen LogP contribution in [-0.2, 0) is 4.79 Å². The summed E-state index contributed by atoms with van der Waals surface area (Å²) in [5.41, 5.74) is 2.57. The summed E-state index contributed by atoms with van der Waals surface area (Å²) in [6.07, 6.45) is 4.53. The van der Waals surface area contributed by atoms with Crippen LogP contribution in [0.15, 0.2) is 18.2 Å². The third-order valence-electron chi connectivity index (χ3n) is 4.11. The maximum atomic E-state index is 12.4. The molecule has 0 saturated heterocycles. The van der Waals surface area contributed by atoms with E-state index in [9.17, 15) is 4.79 Å². The van der Waals surface area contributed by atoms with Crippen molar-refractivity contribution in [3.05, 3.63) is 23.8 Å². The second-order valence-corrected chi connectivity index (χ2v) is 5.37. The van der Waals surface area contributed by atoms with Gasteiger partial charge in [0, 0.05) is 13.1 Å². The van der Waals surface area contributed by atoms with Gasteiger partial charge in [-0.2, -0.15) is 5.26 Å². The molecule has 1 aromatic rings. The molecule has 0 spiro atoms. The van der Waals surface area contributed by atoms with Crippen molar-refractivity contribution >= 4 is 17.3 Å². The van der Waals surface area contributed by atoms with Crippen LogP contribution in [-0.4, -0.2) is 25.5 Å². The highest BCUT2D eigenvalue weighted by Gasteiger charge is 2.34. The van der Waals surface area contributed by atoms with Gasteiger partial charge in [-0.05, 0) is 31.0 Å². The van der Waals surface area contributed by atoms with E-state index in [0.717, 1.165) is 24.2 Å². The topological polar surface area (TPSA) is 47.3 Å². The van der Waals surface area contributed by atoms with Gasteiger partial charge in [0.25, 0.3) is 0 Å². The number of nitrogens with zero attached hydrogens (tertiary/aromatic N) is 3. The van der Waals surface area contributed by atoms with Crippen LogP contribution in [0.4, 0.5) is 11.4 Å². The first-order chi connectivity index (χ1) is 9.20. The lowest BCUT2D eigenvalue weighted by molar-refractivity contribution is -0.118. The lowest BCUT2D eigenvalue weighted by atomic mass is 10.1. The molecule has 1 fully saturated rings. The second kappa shape index (κ2) is 4.58. The Bertz CT molecular complexity index is 555. The van der Waals surface area contributed by atoms with Crippen LogP contribution in [0.2, 0.25) is 0 Å². The van der Waals surface area contributed by atoms with Gasteiger partial charge in [-0.15, -0.1) is 0 Å². The minimum Gasteiger partial charge on any atom is -0.364 e. The van der Waals surface area contributed by atoms with Crippen molar-refractivity contribution in [3.63, 3.8) is 0 Å². The average molecular weight is 255 g/mol. The molecule has 0 bridgehead atoms. The predicted octanol–water partition coefficient (Wildman–Crippen LogP) is 2.28. The predicted molar refractivity (Wildman–Crippen MR) is 74.2 cm³/mol. The first-order valence-electron chi connectivity index (χ1n) is 6.78. The molecule has 4 nitrogen and oxygen atoms in total. The molecule has 1 aliphatic heterocycles. The monoisotopic (exact) mass is 255 g/mol. The van der Waals surface area contributed by atoms with Gasteiger partial charge in [0.05, 0.1) is 29.6 Å². The number of nitriles is 1. The summed E-state index contributed by atoms with van der Waals surface area (Å²) < 4.78 is 0. The van der Waals surface area contributed by atoms with Crippen LogP contribution in [0, 0.1) is 11.3 Å². The van der Waals surface area contributed by atoms with E-state index < -0.39 is 0 Å². The summed E-state index contributed by atoms with van der Waals surface area (Å²) in [6, 6.07) is 8.09.